The summed E-state index contributed by atoms with van der Waals surface area (Å²) in [5.41, 5.74) is 0.361. The van der Waals surface area contributed by atoms with Gasteiger partial charge in [0, 0.05) is 19.6 Å². The second-order valence-electron chi connectivity index (χ2n) is 5.12. The first-order valence-electron chi connectivity index (χ1n) is 6.79. The lowest BCUT2D eigenvalue weighted by atomic mass is 10.4. The van der Waals surface area contributed by atoms with Gasteiger partial charge in [-0.15, -0.1) is 0 Å². The molecule has 0 spiro atoms. The third kappa shape index (κ3) is 3.94. The van der Waals surface area contributed by atoms with E-state index in [1.54, 1.807) is 6.20 Å². The summed E-state index contributed by atoms with van der Waals surface area (Å²) in [6.07, 6.45) is 3.94. The zero-order chi connectivity index (χ0) is 13.8. The summed E-state index contributed by atoms with van der Waals surface area (Å²) in [7, 11) is 2.04. The van der Waals surface area contributed by atoms with Crippen molar-refractivity contribution in [1.29, 1.82) is 0 Å². The number of aromatic nitrogens is 2. The van der Waals surface area contributed by atoms with Gasteiger partial charge in [-0.2, -0.15) is 5.10 Å². The van der Waals surface area contributed by atoms with E-state index in [0.717, 1.165) is 13.1 Å². The topological polar surface area (TPSA) is 50.2 Å². The van der Waals surface area contributed by atoms with E-state index in [9.17, 15) is 4.79 Å². The average Bonchev–Trinajstić information content (AvgIpc) is 3.20. The van der Waals surface area contributed by atoms with Crippen LogP contribution in [-0.2, 0) is 6.54 Å². The molecular weight excluding hydrogens is 264 g/mol. The van der Waals surface area contributed by atoms with E-state index in [4.69, 9.17) is 11.6 Å². The Balaban J connectivity index is 2.03. The monoisotopic (exact) mass is 284 g/mol. The van der Waals surface area contributed by atoms with Crippen molar-refractivity contribution in [2.24, 2.45) is 5.92 Å². The van der Waals surface area contributed by atoms with Gasteiger partial charge in [-0.3, -0.25) is 4.79 Å². The summed E-state index contributed by atoms with van der Waals surface area (Å²) in [6, 6.07) is 0. The molecule has 5 nitrogen and oxygen atoms in total. The summed E-state index contributed by atoms with van der Waals surface area (Å²) in [5.74, 6) is 0.616. The second kappa shape index (κ2) is 6.39. The molecular formula is C13H21ClN4O. The van der Waals surface area contributed by atoms with E-state index >= 15 is 0 Å². The Hall–Kier alpha value is -1.07. The predicted octanol–water partition coefficient (Wildman–Crippen LogP) is 1.67. The number of likely N-dealkylation sites (N-methyl/N-ethyl adjacent to an activating group) is 1. The van der Waals surface area contributed by atoms with E-state index in [2.05, 4.69) is 22.2 Å². The lowest BCUT2D eigenvalue weighted by molar-refractivity contribution is 0.367. The van der Waals surface area contributed by atoms with E-state index in [0.29, 0.717) is 29.7 Å². The molecule has 1 N–H and O–H groups in total. The summed E-state index contributed by atoms with van der Waals surface area (Å²) >= 11 is 6.05. The zero-order valence-electron chi connectivity index (χ0n) is 11.5. The van der Waals surface area contributed by atoms with E-state index in [-0.39, 0.29) is 5.56 Å². The van der Waals surface area contributed by atoms with Crippen LogP contribution < -0.4 is 10.9 Å². The Morgan fingerprint density at radius 1 is 1.58 bits per heavy atom. The van der Waals surface area contributed by atoms with Gasteiger partial charge in [0.2, 0.25) is 0 Å². The second-order valence-corrected chi connectivity index (χ2v) is 5.53. The highest BCUT2D eigenvalue weighted by atomic mass is 35.5. The van der Waals surface area contributed by atoms with Crippen molar-refractivity contribution in [3.63, 3.8) is 0 Å². The highest BCUT2D eigenvalue weighted by Crippen LogP contribution is 2.30. The lowest BCUT2D eigenvalue weighted by Gasteiger charge is -2.15. The van der Waals surface area contributed by atoms with Crippen molar-refractivity contribution in [2.45, 2.75) is 26.3 Å². The Bertz CT molecular complexity index is 484. The van der Waals surface area contributed by atoms with Crippen molar-refractivity contribution in [2.75, 3.05) is 32.0 Å². The van der Waals surface area contributed by atoms with E-state index < -0.39 is 0 Å². The van der Waals surface area contributed by atoms with E-state index in [1.165, 1.54) is 17.5 Å². The molecule has 2 rings (SSSR count). The first-order valence-corrected chi connectivity index (χ1v) is 7.17. The molecule has 1 aromatic rings. The number of hydrogen-bond acceptors (Lipinski definition) is 4. The van der Waals surface area contributed by atoms with Crippen molar-refractivity contribution < 1.29 is 0 Å². The number of anilines is 1. The largest absolute Gasteiger partial charge is 0.378 e. The quantitative estimate of drug-likeness (QED) is 0.827. The lowest BCUT2D eigenvalue weighted by Crippen LogP contribution is -2.30. The van der Waals surface area contributed by atoms with Crippen molar-refractivity contribution in [3.8, 4) is 0 Å². The van der Waals surface area contributed by atoms with Crippen LogP contribution in [0.1, 0.15) is 19.8 Å². The Morgan fingerprint density at radius 3 is 2.95 bits per heavy atom. The fourth-order valence-corrected chi connectivity index (χ4v) is 2.02. The van der Waals surface area contributed by atoms with Gasteiger partial charge in [-0.1, -0.05) is 18.5 Å². The highest BCUT2D eigenvalue weighted by molar-refractivity contribution is 6.32. The highest BCUT2D eigenvalue weighted by Gasteiger charge is 2.23. The van der Waals surface area contributed by atoms with Gasteiger partial charge >= 0.3 is 0 Å². The number of nitrogens with one attached hydrogen (secondary N) is 1. The molecule has 0 saturated heterocycles. The van der Waals surface area contributed by atoms with Crippen LogP contribution in [0, 0.1) is 5.92 Å². The smallest absolute Gasteiger partial charge is 0.291 e. The zero-order valence-corrected chi connectivity index (χ0v) is 12.3. The maximum Gasteiger partial charge on any atom is 0.291 e. The van der Waals surface area contributed by atoms with Gasteiger partial charge in [0.15, 0.2) is 0 Å². The van der Waals surface area contributed by atoms with Crippen molar-refractivity contribution >= 4 is 17.3 Å². The Kier molecular flexibility index (Phi) is 4.82. The van der Waals surface area contributed by atoms with Crippen LogP contribution in [0.4, 0.5) is 5.69 Å². The molecule has 1 saturated carbocycles. The summed E-state index contributed by atoms with van der Waals surface area (Å²) in [4.78, 5) is 14.4. The van der Waals surface area contributed by atoms with Crippen LogP contribution in [-0.4, -0.2) is 41.4 Å². The Labute approximate surface area is 118 Å². The molecule has 1 aliphatic rings. The summed E-state index contributed by atoms with van der Waals surface area (Å²) in [5, 5.41) is 7.63. The maximum absolute atomic E-state index is 12.2. The molecule has 106 valence electrons. The number of nitrogens with zero attached hydrogens (tertiary/aromatic N) is 3. The minimum Gasteiger partial charge on any atom is -0.378 e. The van der Waals surface area contributed by atoms with Gasteiger partial charge in [0.1, 0.15) is 5.69 Å². The average molecular weight is 285 g/mol. The third-order valence-electron chi connectivity index (χ3n) is 3.46. The SMILES string of the molecule is CCN(C)CCNc1c(Cl)cnn(CC2CC2)c1=O. The van der Waals surface area contributed by atoms with Gasteiger partial charge < -0.3 is 10.2 Å². The van der Waals surface area contributed by atoms with E-state index in [1.807, 2.05) is 7.05 Å². The van der Waals surface area contributed by atoms with Crippen molar-refractivity contribution in [3.05, 3.63) is 21.6 Å². The standard InChI is InChI=1S/C13H21ClN4O/c1-3-17(2)7-6-15-12-11(14)8-16-18(13(12)19)9-10-4-5-10/h8,10,15H,3-7,9H2,1-2H3. The first-order chi connectivity index (χ1) is 9.11. The normalized spacial score (nSPS) is 14.9. The van der Waals surface area contributed by atoms with Crippen LogP contribution in [0.5, 0.6) is 0 Å². The number of rotatable bonds is 7. The molecule has 0 aromatic carbocycles. The molecule has 6 heteroatoms. The van der Waals surface area contributed by atoms with Crippen LogP contribution in [0.25, 0.3) is 0 Å². The first kappa shape index (κ1) is 14.3. The van der Waals surface area contributed by atoms with Crippen molar-refractivity contribution in [1.82, 2.24) is 14.7 Å². The van der Waals surface area contributed by atoms with Gasteiger partial charge in [-0.25, -0.2) is 4.68 Å². The Morgan fingerprint density at radius 2 is 2.32 bits per heavy atom. The summed E-state index contributed by atoms with van der Waals surface area (Å²) < 4.78 is 1.52. The molecule has 1 aromatic heterocycles. The molecule has 0 unspecified atom stereocenters. The summed E-state index contributed by atoms with van der Waals surface area (Å²) in [6.45, 7) is 5.36. The van der Waals surface area contributed by atoms with Crippen LogP contribution >= 0.6 is 11.6 Å². The molecule has 0 radical (unpaired) electrons. The predicted molar refractivity (Wildman–Crippen MR) is 77.9 cm³/mol. The third-order valence-corrected chi connectivity index (χ3v) is 3.75. The fourth-order valence-electron chi connectivity index (χ4n) is 1.83. The molecule has 1 aliphatic carbocycles. The molecule has 0 amide bonds. The molecule has 1 fully saturated rings. The van der Waals surface area contributed by atoms with Gasteiger partial charge in [0.25, 0.3) is 5.56 Å². The molecule has 0 aliphatic heterocycles. The minimum atomic E-state index is -0.112. The molecule has 0 bridgehead atoms. The number of halogens is 1. The van der Waals surface area contributed by atoms with Crippen LogP contribution in [0.3, 0.4) is 0 Å². The maximum atomic E-state index is 12.2. The van der Waals surface area contributed by atoms with Crippen LogP contribution in [0.2, 0.25) is 5.02 Å². The fraction of sp³-hybridized carbons (Fsp3) is 0.692. The number of hydrogen-bond donors (Lipinski definition) is 1. The molecule has 0 atom stereocenters. The van der Waals surface area contributed by atoms with Gasteiger partial charge in [0.05, 0.1) is 11.2 Å². The van der Waals surface area contributed by atoms with Crippen LogP contribution in [0.15, 0.2) is 11.0 Å². The molecule has 1 heterocycles. The molecule has 19 heavy (non-hydrogen) atoms. The minimum absolute atomic E-state index is 0.112. The van der Waals surface area contributed by atoms with Gasteiger partial charge in [-0.05, 0) is 32.4 Å².